The molecule has 114 valence electrons. The Morgan fingerprint density at radius 1 is 1.14 bits per heavy atom. The second-order valence-electron chi connectivity index (χ2n) is 4.79. The van der Waals surface area contributed by atoms with Crippen LogP contribution in [0.1, 0.15) is 15.9 Å². The molecule has 2 aromatic carbocycles. The fraction of sp³-hybridized carbons (Fsp3) is 0.188. The lowest BCUT2D eigenvalue weighted by Crippen LogP contribution is -2.25. The number of halogens is 2. The lowest BCUT2D eigenvalue weighted by atomic mass is 10.1. The van der Waals surface area contributed by atoms with Gasteiger partial charge < -0.3 is 14.8 Å². The first kappa shape index (κ1) is 14.3. The maximum atomic E-state index is 13.5. The molecule has 0 saturated heterocycles. The molecule has 0 radical (unpaired) electrons. The van der Waals surface area contributed by atoms with Crippen LogP contribution in [0.15, 0.2) is 36.4 Å². The standard InChI is InChI=1S/C16H13F2NO3/c17-12-3-1-2-10(15(12)18)6-7-19-16(20)11-4-5-13-14(8-11)22-9-21-13/h1-5,8H,6-7,9H2,(H,19,20). The summed E-state index contributed by atoms with van der Waals surface area (Å²) in [5, 5.41) is 2.66. The van der Waals surface area contributed by atoms with Crippen LogP contribution in [0, 0.1) is 11.6 Å². The average Bonchev–Trinajstić information content (AvgIpc) is 2.98. The number of ether oxygens (including phenoxy) is 2. The van der Waals surface area contributed by atoms with Gasteiger partial charge in [0.05, 0.1) is 0 Å². The molecular weight excluding hydrogens is 292 g/mol. The van der Waals surface area contributed by atoms with Gasteiger partial charge in [-0.2, -0.15) is 0 Å². The van der Waals surface area contributed by atoms with E-state index >= 15 is 0 Å². The van der Waals surface area contributed by atoms with Crippen molar-refractivity contribution in [1.29, 1.82) is 0 Å². The maximum absolute atomic E-state index is 13.5. The van der Waals surface area contributed by atoms with Gasteiger partial charge in [-0.15, -0.1) is 0 Å². The molecule has 2 aromatic rings. The van der Waals surface area contributed by atoms with E-state index in [1.807, 2.05) is 0 Å². The van der Waals surface area contributed by atoms with Crippen LogP contribution < -0.4 is 14.8 Å². The Hall–Kier alpha value is -2.63. The molecule has 0 bridgehead atoms. The SMILES string of the molecule is O=C(NCCc1cccc(F)c1F)c1ccc2c(c1)OCO2. The second kappa shape index (κ2) is 6.01. The first-order valence-electron chi connectivity index (χ1n) is 6.76. The molecule has 1 aliphatic rings. The van der Waals surface area contributed by atoms with Gasteiger partial charge in [0.15, 0.2) is 23.1 Å². The van der Waals surface area contributed by atoms with Crippen molar-refractivity contribution in [3.63, 3.8) is 0 Å². The third-order valence-corrected chi connectivity index (χ3v) is 3.35. The number of amides is 1. The van der Waals surface area contributed by atoms with Crippen LogP contribution in [0.3, 0.4) is 0 Å². The van der Waals surface area contributed by atoms with Gasteiger partial charge in [-0.3, -0.25) is 4.79 Å². The highest BCUT2D eigenvalue weighted by Crippen LogP contribution is 2.32. The molecule has 0 aromatic heterocycles. The average molecular weight is 305 g/mol. The van der Waals surface area contributed by atoms with Crippen molar-refractivity contribution >= 4 is 5.91 Å². The van der Waals surface area contributed by atoms with Gasteiger partial charge in [0, 0.05) is 12.1 Å². The zero-order valence-electron chi connectivity index (χ0n) is 11.6. The summed E-state index contributed by atoms with van der Waals surface area (Å²) >= 11 is 0. The van der Waals surface area contributed by atoms with Gasteiger partial charge in [0.2, 0.25) is 6.79 Å². The van der Waals surface area contributed by atoms with Gasteiger partial charge in [-0.05, 0) is 36.2 Å². The minimum Gasteiger partial charge on any atom is -0.454 e. The lowest BCUT2D eigenvalue weighted by molar-refractivity contribution is 0.0953. The fourth-order valence-corrected chi connectivity index (χ4v) is 2.19. The Balaban J connectivity index is 1.59. The minimum absolute atomic E-state index is 0.138. The molecule has 0 saturated carbocycles. The number of hydrogen-bond donors (Lipinski definition) is 1. The van der Waals surface area contributed by atoms with Crippen molar-refractivity contribution < 1.29 is 23.0 Å². The molecule has 0 aliphatic carbocycles. The number of carbonyl (C=O) groups excluding carboxylic acids is 1. The minimum atomic E-state index is -0.889. The molecule has 22 heavy (non-hydrogen) atoms. The van der Waals surface area contributed by atoms with Crippen LogP contribution in [-0.4, -0.2) is 19.2 Å². The van der Waals surface area contributed by atoms with Crippen LogP contribution in [0.2, 0.25) is 0 Å². The predicted molar refractivity (Wildman–Crippen MR) is 75.0 cm³/mol. The van der Waals surface area contributed by atoms with Crippen LogP contribution in [0.5, 0.6) is 11.5 Å². The van der Waals surface area contributed by atoms with E-state index < -0.39 is 11.6 Å². The fourth-order valence-electron chi connectivity index (χ4n) is 2.19. The molecule has 1 heterocycles. The number of fused-ring (bicyclic) bond motifs is 1. The normalized spacial score (nSPS) is 12.3. The summed E-state index contributed by atoms with van der Waals surface area (Å²) in [4.78, 5) is 12.0. The van der Waals surface area contributed by atoms with E-state index in [1.165, 1.54) is 12.1 Å². The topological polar surface area (TPSA) is 47.6 Å². The summed E-state index contributed by atoms with van der Waals surface area (Å²) < 4.78 is 36.9. The number of hydrogen-bond acceptors (Lipinski definition) is 3. The van der Waals surface area contributed by atoms with Crippen LogP contribution in [0.25, 0.3) is 0 Å². The van der Waals surface area contributed by atoms with Gasteiger partial charge in [0.1, 0.15) is 0 Å². The van der Waals surface area contributed by atoms with E-state index in [-0.39, 0.29) is 31.2 Å². The number of rotatable bonds is 4. The molecule has 1 amide bonds. The van der Waals surface area contributed by atoms with Gasteiger partial charge in [0.25, 0.3) is 5.91 Å². The predicted octanol–water partition coefficient (Wildman–Crippen LogP) is 2.67. The first-order valence-corrected chi connectivity index (χ1v) is 6.76. The van der Waals surface area contributed by atoms with Crippen molar-refractivity contribution in [2.45, 2.75) is 6.42 Å². The monoisotopic (exact) mass is 305 g/mol. The Morgan fingerprint density at radius 3 is 2.82 bits per heavy atom. The number of nitrogens with one attached hydrogen (secondary N) is 1. The van der Waals surface area contributed by atoms with Crippen molar-refractivity contribution in [3.8, 4) is 11.5 Å². The van der Waals surface area contributed by atoms with Gasteiger partial charge in [-0.25, -0.2) is 8.78 Å². The highest BCUT2D eigenvalue weighted by Gasteiger charge is 2.16. The Bertz CT molecular complexity index is 719. The summed E-state index contributed by atoms with van der Waals surface area (Å²) in [5.74, 6) is -0.961. The zero-order chi connectivity index (χ0) is 15.5. The van der Waals surface area contributed by atoms with Crippen molar-refractivity contribution in [3.05, 3.63) is 59.2 Å². The Kier molecular flexibility index (Phi) is 3.91. The summed E-state index contributed by atoms with van der Waals surface area (Å²) in [6.45, 7) is 0.340. The molecule has 4 nitrogen and oxygen atoms in total. The van der Waals surface area contributed by atoms with Gasteiger partial charge in [-0.1, -0.05) is 12.1 Å². The summed E-state index contributed by atoms with van der Waals surface area (Å²) in [7, 11) is 0. The third-order valence-electron chi connectivity index (χ3n) is 3.35. The number of benzene rings is 2. The molecule has 6 heteroatoms. The first-order chi connectivity index (χ1) is 10.6. The smallest absolute Gasteiger partial charge is 0.251 e. The van der Waals surface area contributed by atoms with E-state index in [0.717, 1.165) is 6.07 Å². The molecule has 0 fully saturated rings. The van der Waals surface area contributed by atoms with Crippen LogP contribution in [0.4, 0.5) is 8.78 Å². The van der Waals surface area contributed by atoms with Crippen LogP contribution >= 0.6 is 0 Å². The molecule has 0 unspecified atom stereocenters. The largest absolute Gasteiger partial charge is 0.454 e. The summed E-state index contributed by atoms with van der Waals surface area (Å²) in [6, 6.07) is 8.85. The summed E-state index contributed by atoms with van der Waals surface area (Å²) in [6.07, 6.45) is 0.208. The lowest BCUT2D eigenvalue weighted by Gasteiger charge is -2.07. The van der Waals surface area contributed by atoms with E-state index in [0.29, 0.717) is 17.1 Å². The van der Waals surface area contributed by atoms with E-state index in [9.17, 15) is 13.6 Å². The quantitative estimate of drug-likeness (QED) is 0.944. The molecule has 0 atom stereocenters. The third kappa shape index (κ3) is 2.86. The molecular formula is C16H13F2NO3. The maximum Gasteiger partial charge on any atom is 0.251 e. The Morgan fingerprint density at radius 2 is 1.95 bits per heavy atom. The molecule has 1 N–H and O–H groups in total. The highest BCUT2D eigenvalue weighted by molar-refractivity contribution is 5.94. The van der Waals surface area contributed by atoms with E-state index in [2.05, 4.69) is 5.32 Å². The Labute approximate surface area is 125 Å². The van der Waals surface area contributed by atoms with Crippen molar-refractivity contribution in [1.82, 2.24) is 5.32 Å². The van der Waals surface area contributed by atoms with E-state index in [4.69, 9.17) is 9.47 Å². The van der Waals surface area contributed by atoms with Gasteiger partial charge >= 0.3 is 0 Å². The second-order valence-corrected chi connectivity index (χ2v) is 4.79. The molecule has 3 rings (SSSR count). The van der Waals surface area contributed by atoms with E-state index in [1.54, 1.807) is 18.2 Å². The van der Waals surface area contributed by atoms with Crippen molar-refractivity contribution in [2.24, 2.45) is 0 Å². The van der Waals surface area contributed by atoms with Crippen molar-refractivity contribution in [2.75, 3.05) is 13.3 Å². The highest BCUT2D eigenvalue weighted by atomic mass is 19.2. The molecule has 0 spiro atoms. The number of carbonyl (C=O) groups is 1. The van der Waals surface area contributed by atoms with Crippen LogP contribution in [-0.2, 0) is 6.42 Å². The molecule has 1 aliphatic heterocycles. The zero-order valence-corrected chi connectivity index (χ0v) is 11.6. The summed E-state index contributed by atoms with van der Waals surface area (Å²) in [5.41, 5.74) is 0.648.